The second kappa shape index (κ2) is 10.0. The molecule has 0 spiro atoms. The van der Waals surface area contributed by atoms with E-state index in [0.29, 0.717) is 0 Å². The fraction of sp³-hybridized carbons (Fsp3) is 0.516. The molecule has 200 valence electrons. The predicted octanol–water partition coefficient (Wildman–Crippen LogP) is 3.94. The van der Waals surface area contributed by atoms with Gasteiger partial charge in [0, 0.05) is 88.5 Å². The minimum absolute atomic E-state index is 1.05. The van der Waals surface area contributed by atoms with Crippen LogP contribution in [0.2, 0.25) is 0 Å². The Labute approximate surface area is 226 Å². The van der Waals surface area contributed by atoms with E-state index >= 15 is 0 Å². The van der Waals surface area contributed by atoms with E-state index in [-0.39, 0.29) is 0 Å². The lowest BCUT2D eigenvalue weighted by atomic mass is 10.1. The molecule has 2 aromatic carbocycles. The van der Waals surface area contributed by atoms with Crippen LogP contribution in [0.1, 0.15) is 12.8 Å². The Balaban J connectivity index is 1.29. The van der Waals surface area contributed by atoms with Crippen LogP contribution in [0.3, 0.4) is 0 Å². The molecule has 3 aliphatic rings. The summed E-state index contributed by atoms with van der Waals surface area (Å²) in [5.74, 6) is 0. The molecule has 0 amide bonds. The summed E-state index contributed by atoms with van der Waals surface area (Å²) in [6.07, 6.45) is 2.37. The zero-order valence-electron chi connectivity index (χ0n) is 23.1. The van der Waals surface area contributed by atoms with Gasteiger partial charge in [-0.3, -0.25) is 0 Å². The standard InChI is InChI=1S/C31H41N7/c1-33-15-19-35(20-16-33)11-5-12-37-13-6-14-38-28-8-4-3-7-26(28)29-31(38)30(37)25-10-9-24(23-27(25)32-29)36-21-17-34(2)18-22-36/h3-4,7-10,23H,5-6,11-22H2,1-2H3. The molecule has 5 heterocycles. The zero-order chi connectivity index (χ0) is 25.6. The third-order valence-electron chi connectivity index (χ3n) is 9.13. The molecular weight excluding hydrogens is 470 g/mol. The maximum absolute atomic E-state index is 5.38. The zero-order valence-corrected chi connectivity index (χ0v) is 23.1. The van der Waals surface area contributed by atoms with Crippen molar-refractivity contribution in [2.24, 2.45) is 0 Å². The summed E-state index contributed by atoms with van der Waals surface area (Å²) in [5.41, 5.74) is 7.68. The summed E-state index contributed by atoms with van der Waals surface area (Å²) in [6, 6.07) is 16.0. The summed E-state index contributed by atoms with van der Waals surface area (Å²) >= 11 is 0. The summed E-state index contributed by atoms with van der Waals surface area (Å²) in [4.78, 5) is 18.1. The van der Waals surface area contributed by atoms with E-state index in [2.05, 4.69) is 85.6 Å². The van der Waals surface area contributed by atoms with Gasteiger partial charge in [-0.05, 0) is 57.7 Å². The number of nitrogens with zero attached hydrogens (tertiary/aromatic N) is 7. The van der Waals surface area contributed by atoms with Crippen LogP contribution in [-0.4, -0.2) is 110 Å². The number of pyridine rings is 1. The van der Waals surface area contributed by atoms with Gasteiger partial charge < -0.3 is 29.1 Å². The number of aromatic nitrogens is 2. The van der Waals surface area contributed by atoms with Gasteiger partial charge in [-0.15, -0.1) is 0 Å². The van der Waals surface area contributed by atoms with Crippen LogP contribution < -0.4 is 9.80 Å². The lowest BCUT2D eigenvalue weighted by molar-refractivity contribution is 0.153. The van der Waals surface area contributed by atoms with Crippen LogP contribution in [0.4, 0.5) is 11.4 Å². The molecular formula is C31H41N7. The molecule has 7 nitrogen and oxygen atoms in total. The number of hydrogen-bond acceptors (Lipinski definition) is 6. The lowest BCUT2D eigenvalue weighted by Crippen LogP contribution is -2.45. The molecule has 38 heavy (non-hydrogen) atoms. The summed E-state index contributed by atoms with van der Waals surface area (Å²) in [6.45, 7) is 13.6. The molecule has 7 rings (SSSR count). The number of rotatable bonds is 5. The number of hydrogen-bond donors (Lipinski definition) is 0. The molecule has 2 saturated heterocycles. The second-order valence-electron chi connectivity index (χ2n) is 11.7. The fourth-order valence-corrected chi connectivity index (χ4v) is 6.82. The minimum atomic E-state index is 1.05. The molecule has 0 aliphatic carbocycles. The van der Waals surface area contributed by atoms with Crippen molar-refractivity contribution in [1.29, 1.82) is 0 Å². The lowest BCUT2D eigenvalue weighted by Gasteiger charge is -2.34. The number of likely N-dealkylation sites (N-methyl/N-ethyl adjacent to an activating group) is 2. The number of aryl methyl sites for hydroxylation is 1. The monoisotopic (exact) mass is 511 g/mol. The normalized spacial score (nSPS) is 20.2. The Morgan fingerprint density at radius 3 is 2.32 bits per heavy atom. The van der Waals surface area contributed by atoms with Gasteiger partial charge in [0.2, 0.25) is 0 Å². The van der Waals surface area contributed by atoms with E-state index < -0.39 is 0 Å². The number of para-hydroxylation sites is 1. The molecule has 2 aromatic heterocycles. The maximum atomic E-state index is 5.38. The van der Waals surface area contributed by atoms with Gasteiger partial charge in [-0.2, -0.15) is 0 Å². The topological polar surface area (TPSA) is 34.0 Å². The summed E-state index contributed by atoms with van der Waals surface area (Å²) in [5, 5.41) is 2.59. The maximum Gasteiger partial charge on any atom is 0.0988 e. The van der Waals surface area contributed by atoms with E-state index in [1.165, 1.54) is 77.8 Å². The first-order valence-electron chi connectivity index (χ1n) is 14.6. The Morgan fingerprint density at radius 1 is 0.737 bits per heavy atom. The summed E-state index contributed by atoms with van der Waals surface area (Å²) in [7, 11) is 4.46. The smallest absolute Gasteiger partial charge is 0.0988 e. The predicted molar refractivity (Wildman–Crippen MR) is 160 cm³/mol. The highest BCUT2D eigenvalue weighted by molar-refractivity contribution is 6.17. The van der Waals surface area contributed by atoms with Crippen LogP contribution in [0, 0.1) is 0 Å². The Morgan fingerprint density at radius 2 is 1.50 bits per heavy atom. The van der Waals surface area contributed by atoms with Crippen LogP contribution in [0.25, 0.3) is 32.8 Å². The number of fused-ring (bicyclic) bond motifs is 5. The highest BCUT2D eigenvalue weighted by Gasteiger charge is 2.25. The highest BCUT2D eigenvalue weighted by atomic mass is 15.3. The number of piperazine rings is 2. The van der Waals surface area contributed by atoms with Crippen molar-refractivity contribution >= 4 is 44.2 Å². The molecule has 0 unspecified atom stereocenters. The molecule has 0 radical (unpaired) electrons. The van der Waals surface area contributed by atoms with Gasteiger partial charge in [0.1, 0.15) is 0 Å². The molecule has 7 heteroatoms. The number of benzene rings is 2. The van der Waals surface area contributed by atoms with Crippen molar-refractivity contribution in [3.63, 3.8) is 0 Å². The minimum Gasteiger partial charge on any atom is -0.369 e. The van der Waals surface area contributed by atoms with Crippen molar-refractivity contribution in [3.05, 3.63) is 42.5 Å². The first-order valence-corrected chi connectivity index (χ1v) is 14.6. The van der Waals surface area contributed by atoms with Crippen LogP contribution in [-0.2, 0) is 6.54 Å². The van der Waals surface area contributed by atoms with Crippen molar-refractivity contribution in [2.75, 3.05) is 95.9 Å². The van der Waals surface area contributed by atoms with Gasteiger partial charge >= 0.3 is 0 Å². The Hall–Kier alpha value is -2.87. The Kier molecular flexibility index (Phi) is 6.38. The third-order valence-corrected chi connectivity index (χ3v) is 9.13. The summed E-state index contributed by atoms with van der Waals surface area (Å²) < 4.78 is 2.56. The van der Waals surface area contributed by atoms with Crippen LogP contribution in [0.5, 0.6) is 0 Å². The average Bonchev–Trinajstić information content (AvgIpc) is 3.12. The fourth-order valence-electron chi connectivity index (χ4n) is 6.82. The van der Waals surface area contributed by atoms with Gasteiger partial charge in [-0.1, -0.05) is 18.2 Å². The van der Waals surface area contributed by atoms with E-state index in [0.717, 1.165) is 57.8 Å². The second-order valence-corrected chi connectivity index (χ2v) is 11.7. The van der Waals surface area contributed by atoms with Gasteiger partial charge in [-0.25, -0.2) is 4.98 Å². The van der Waals surface area contributed by atoms with Crippen molar-refractivity contribution in [1.82, 2.24) is 24.3 Å². The van der Waals surface area contributed by atoms with E-state index in [4.69, 9.17) is 4.98 Å². The van der Waals surface area contributed by atoms with Crippen LogP contribution in [0.15, 0.2) is 42.5 Å². The average molecular weight is 512 g/mol. The van der Waals surface area contributed by atoms with Gasteiger partial charge in [0.25, 0.3) is 0 Å². The van der Waals surface area contributed by atoms with Gasteiger partial charge in [0.05, 0.1) is 27.8 Å². The van der Waals surface area contributed by atoms with E-state index in [9.17, 15) is 0 Å². The SMILES string of the molecule is CN1CCN(CCCN2CCCn3c4ccccc4c4nc5cc(N6CCN(C)CC6)ccc5c2c43)CC1. The van der Waals surface area contributed by atoms with E-state index in [1.807, 2.05) is 0 Å². The highest BCUT2D eigenvalue weighted by Crippen LogP contribution is 2.41. The molecule has 3 aliphatic heterocycles. The first-order chi connectivity index (χ1) is 18.7. The number of anilines is 2. The molecule has 0 N–H and O–H groups in total. The molecule has 4 aromatic rings. The van der Waals surface area contributed by atoms with Crippen molar-refractivity contribution in [3.8, 4) is 0 Å². The third kappa shape index (κ3) is 4.31. The molecule has 2 fully saturated rings. The molecule has 0 atom stereocenters. The van der Waals surface area contributed by atoms with E-state index in [1.54, 1.807) is 0 Å². The first kappa shape index (κ1) is 24.2. The van der Waals surface area contributed by atoms with Crippen LogP contribution >= 0.6 is 0 Å². The quantitative estimate of drug-likeness (QED) is 0.404. The molecule has 0 bridgehead atoms. The Bertz CT molecular complexity index is 1440. The molecule has 0 saturated carbocycles. The van der Waals surface area contributed by atoms with Gasteiger partial charge in [0.15, 0.2) is 0 Å². The van der Waals surface area contributed by atoms with Crippen molar-refractivity contribution < 1.29 is 0 Å². The largest absolute Gasteiger partial charge is 0.369 e. The van der Waals surface area contributed by atoms with Crippen molar-refractivity contribution in [2.45, 2.75) is 19.4 Å².